The lowest BCUT2D eigenvalue weighted by Gasteiger charge is -2.34. The Morgan fingerprint density at radius 1 is 0.731 bits per heavy atom. The average molecular weight is 385 g/mol. The molecule has 4 rings (SSSR count). The standard InChI is InChI=1S/C21H18Cl2N2O/c22-17-6-10-19(11-7-17)24-14-21(26,16-4-2-1-3-5-16)25(15-24)20-12-8-18(23)9-13-20/h1-13,26H,14-15H2. The molecule has 3 aromatic carbocycles. The topological polar surface area (TPSA) is 26.7 Å². The molecule has 0 spiro atoms. The third kappa shape index (κ3) is 3.14. The first-order chi connectivity index (χ1) is 12.6. The van der Waals surface area contributed by atoms with Gasteiger partial charge in [0.2, 0.25) is 0 Å². The molecule has 1 fully saturated rings. The van der Waals surface area contributed by atoms with Gasteiger partial charge in [-0.2, -0.15) is 0 Å². The van der Waals surface area contributed by atoms with Crippen molar-refractivity contribution in [1.29, 1.82) is 0 Å². The fourth-order valence-corrected chi connectivity index (χ4v) is 3.63. The zero-order valence-corrected chi connectivity index (χ0v) is 15.5. The van der Waals surface area contributed by atoms with Crippen LogP contribution in [0.2, 0.25) is 10.0 Å². The van der Waals surface area contributed by atoms with Gasteiger partial charge in [-0.3, -0.25) is 0 Å². The zero-order valence-electron chi connectivity index (χ0n) is 14.0. The summed E-state index contributed by atoms with van der Waals surface area (Å²) in [5.74, 6) is 0. The van der Waals surface area contributed by atoms with Gasteiger partial charge in [-0.15, -0.1) is 0 Å². The van der Waals surface area contributed by atoms with Crippen molar-refractivity contribution in [3.05, 3.63) is 94.5 Å². The number of nitrogens with zero attached hydrogens (tertiary/aromatic N) is 2. The third-order valence-electron chi connectivity index (χ3n) is 4.74. The zero-order chi connectivity index (χ0) is 18.1. The normalized spacial score (nSPS) is 19.8. The second kappa shape index (κ2) is 6.84. The average Bonchev–Trinajstić information content (AvgIpc) is 3.03. The van der Waals surface area contributed by atoms with Crippen LogP contribution in [0, 0.1) is 0 Å². The minimum absolute atomic E-state index is 0.446. The number of benzene rings is 3. The van der Waals surface area contributed by atoms with Crippen molar-refractivity contribution >= 4 is 34.6 Å². The first-order valence-corrected chi connectivity index (χ1v) is 9.13. The molecular weight excluding hydrogens is 367 g/mol. The number of hydrogen-bond acceptors (Lipinski definition) is 3. The molecule has 0 saturated carbocycles. The van der Waals surface area contributed by atoms with Gasteiger partial charge in [0.05, 0.1) is 13.2 Å². The van der Waals surface area contributed by atoms with Gasteiger partial charge in [0, 0.05) is 27.0 Å². The van der Waals surface area contributed by atoms with Gasteiger partial charge in [-0.05, 0) is 48.5 Å². The molecule has 1 heterocycles. The lowest BCUT2D eigenvalue weighted by molar-refractivity contribution is 0.0629. The Labute approximate surface area is 163 Å². The fourth-order valence-electron chi connectivity index (χ4n) is 3.38. The van der Waals surface area contributed by atoms with Crippen molar-refractivity contribution in [3.8, 4) is 0 Å². The van der Waals surface area contributed by atoms with E-state index in [9.17, 15) is 5.11 Å². The second-order valence-corrected chi connectivity index (χ2v) is 7.28. The number of β-amino-alcohol motifs (C(OH)–C–C–N with tert-alkyl or cyclic N) is 1. The summed E-state index contributed by atoms with van der Waals surface area (Å²) in [4.78, 5) is 4.13. The quantitative estimate of drug-likeness (QED) is 0.678. The van der Waals surface area contributed by atoms with Gasteiger partial charge >= 0.3 is 0 Å². The van der Waals surface area contributed by atoms with Crippen LogP contribution >= 0.6 is 23.2 Å². The monoisotopic (exact) mass is 384 g/mol. The van der Waals surface area contributed by atoms with Gasteiger partial charge in [-0.1, -0.05) is 53.5 Å². The number of rotatable bonds is 3. The molecule has 0 aromatic heterocycles. The van der Waals surface area contributed by atoms with E-state index in [0.29, 0.717) is 23.3 Å². The highest BCUT2D eigenvalue weighted by Gasteiger charge is 2.44. The van der Waals surface area contributed by atoms with Gasteiger partial charge < -0.3 is 14.9 Å². The minimum Gasteiger partial charge on any atom is -0.365 e. The molecule has 1 saturated heterocycles. The van der Waals surface area contributed by atoms with Crippen LogP contribution in [0.4, 0.5) is 11.4 Å². The minimum atomic E-state index is -1.14. The van der Waals surface area contributed by atoms with Crippen LogP contribution in [0.25, 0.3) is 0 Å². The van der Waals surface area contributed by atoms with Gasteiger partial charge in [0.15, 0.2) is 5.72 Å². The van der Waals surface area contributed by atoms with Gasteiger partial charge in [0.1, 0.15) is 0 Å². The SMILES string of the molecule is OC1(c2ccccc2)CN(c2ccc(Cl)cc2)CN1c1ccc(Cl)cc1. The maximum absolute atomic E-state index is 11.7. The maximum atomic E-state index is 11.7. The molecule has 132 valence electrons. The summed E-state index contributed by atoms with van der Waals surface area (Å²) in [6.07, 6.45) is 0. The first-order valence-electron chi connectivity index (χ1n) is 8.38. The van der Waals surface area contributed by atoms with E-state index in [1.54, 1.807) is 0 Å². The van der Waals surface area contributed by atoms with Crippen LogP contribution in [0.5, 0.6) is 0 Å². The van der Waals surface area contributed by atoms with E-state index in [-0.39, 0.29) is 0 Å². The Balaban J connectivity index is 1.75. The van der Waals surface area contributed by atoms with E-state index >= 15 is 0 Å². The van der Waals surface area contributed by atoms with Crippen LogP contribution in [0.1, 0.15) is 5.56 Å². The van der Waals surface area contributed by atoms with E-state index in [0.717, 1.165) is 16.9 Å². The molecule has 0 radical (unpaired) electrons. The Bertz CT molecular complexity index is 884. The molecule has 1 aliphatic heterocycles. The van der Waals surface area contributed by atoms with E-state index in [1.165, 1.54) is 0 Å². The van der Waals surface area contributed by atoms with Gasteiger partial charge in [0.25, 0.3) is 0 Å². The van der Waals surface area contributed by atoms with Crippen LogP contribution in [-0.2, 0) is 5.72 Å². The summed E-state index contributed by atoms with van der Waals surface area (Å²) in [5, 5.41) is 13.0. The summed E-state index contributed by atoms with van der Waals surface area (Å²) >= 11 is 12.1. The van der Waals surface area contributed by atoms with E-state index in [4.69, 9.17) is 23.2 Å². The lowest BCUT2D eigenvalue weighted by atomic mass is 10.0. The van der Waals surface area contributed by atoms with Crippen molar-refractivity contribution in [1.82, 2.24) is 0 Å². The molecule has 0 bridgehead atoms. The molecular formula is C21H18Cl2N2O. The molecule has 0 amide bonds. The van der Waals surface area contributed by atoms with Crippen LogP contribution in [0.15, 0.2) is 78.9 Å². The largest absolute Gasteiger partial charge is 0.365 e. The Morgan fingerprint density at radius 2 is 1.27 bits per heavy atom. The summed E-state index contributed by atoms with van der Waals surface area (Å²) in [7, 11) is 0. The number of hydrogen-bond donors (Lipinski definition) is 1. The van der Waals surface area contributed by atoms with E-state index in [2.05, 4.69) is 4.90 Å². The molecule has 1 aliphatic rings. The molecule has 1 N–H and O–H groups in total. The van der Waals surface area contributed by atoms with Crippen LogP contribution < -0.4 is 9.80 Å². The van der Waals surface area contributed by atoms with E-state index < -0.39 is 5.72 Å². The second-order valence-electron chi connectivity index (χ2n) is 6.40. The molecule has 3 nitrogen and oxygen atoms in total. The molecule has 1 atom stereocenters. The summed E-state index contributed by atoms with van der Waals surface area (Å²) in [6.45, 7) is 0.996. The lowest BCUT2D eigenvalue weighted by Crippen LogP contribution is -2.43. The van der Waals surface area contributed by atoms with Crippen molar-refractivity contribution in [2.45, 2.75) is 5.72 Å². The predicted molar refractivity (Wildman–Crippen MR) is 108 cm³/mol. The van der Waals surface area contributed by atoms with Crippen molar-refractivity contribution in [2.75, 3.05) is 23.0 Å². The summed E-state index contributed by atoms with van der Waals surface area (Å²) in [6, 6.07) is 25.0. The van der Waals surface area contributed by atoms with Crippen molar-refractivity contribution < 1.29 is 5.11 Å². The number of aliphatic hydroxyl groups is 1. The van der Waals surface area contributed by atoms with E-state index in [1.807, 2.05) is 83.8 Å². The van der Waals surface area contributed by atoms with Crippen LogP contribution in [-0.4, -0.2) is 18.3 Å². The fraction of sp³-hybridized carbons (Fsp3) is 0.143. The third-order valence-corrected chi connectivity index (χ3v) is 5.24. The molecule has 5 heteroatoms. The molecule has 0 aliphatic carbocycles. The van der Waals surface area contributed by atoms with Crippen LogP contribution in [0.3, 0.4) is 0 Å². The van der Waals surface area contributed by atoms with Gasteiger partial charge in [-0.25, -0.2) is 0 Å². The maximum Gasteiger partial charge on any atom is 0.183 e. The molecule has 26 heavy (non-hydrogen) atoms. The van der Waals surface area contributed by atoms with Crippen molar-refractivity contribution in [3.63, 3.8) is 0 Å². The molecule has 3 aromatic rings. The Kier molecular flexibility index (Phi) is 4.53. The Hall–Kier alpha value is -2.20. The number of anilines is 2. The highest BCUT2D eigenvalue weighted by molar-refractivity contribution is 6.30. The highest BCUT2D eigenvalue weighted by Crippen LogP contribution is 2.39. The summed E-state index contributed by atoms with van der Waals surface area (Å²) < 4.78 is 0. The van der Waals surface area contributed by atoms with Crippen molar-refractivity contribution in [2.24, 2.45) is 0 Å². The first kappa shape index (κ1) is 17.2. The number of halogens is 2. The molecule has 1 unspecified atom stereocenters. The summed E-state index contributed by atoms with van der Waals surface area (Å²) in [5.41, 5.74) is 1.64. The smallest absolute Gasteiger partial charge is 0.183 e. The predicted octanol–water partition coefficient (Wildman–Crippen LogP) is 5.12. The highest BCUT2D eigenvalue weighted by atomic mass is 35.5. The Morgan fingerprint density at radius 3 is 1.85 bits per heavy atom.